The molecule has 1 atom stereocenters. The molecule has 0 amide bonds. The maximum atomic E-state index is 14.0. The van der Waals surface area contributed by atoms with E-state index in [0.717, 1.165) is 11.3 Å². The van der Waals surface area contributed by atoms with Gasteiger partial charge in [0.2, 0.25) is 0 Å². The maximum absolute atomic E-state index is 14.0. The minimum atomic E-state index is -0.437. The molecule has 0 aliphatic carbocycles. The molecule has 0 spiro atoms. The second-order valence-corrected chi connectivity index (χ2v) is 4.69. The fourth-order valence-electron chi connectivity index (χ4n) is 1.66. The summed E-state index contributed by atoms with van der Waals surface area (Å²) in [5, 5.41) is 0.337. The van der Waals surface area contributed by atoms with Crippen molar-refractivity contribution >= 4 is 26.7 Å². The van der Waals surface area contributed by atoms with Crippen LogP contribution in [-0.4, -0.2) is 17.7 Å². The standard InChI is InChI=1S/C10H9FN2O2S/c1-4-3-14-6-2-5-9(16-10(12)13-5)7(11)8(6)15-4/h2,4H,3H2,1H3,(H2,12,13)/t4-/m0/s1. The van der Waals surface area contributed by atoms with Crippen LogP contribution in [0.15, 0.2) is 6.07 Å². The van der Waals surface area contributed by atoms with Gasteiger partial charge >= 0.3 is 0 Å². The lowest BCUT2D eigenvalue weighted by atomic mass is 10.2. The van der Waals surface area contributed by atoms with Crippen LogP contribution >= 0.6 is 11.3 Å². The van der Waals surface area contributed by atoms with E-state index in [-0.39, 0.29) is 11.9 Å². The molecule has 0 bridgehead atoms. The van der Waals surface area contributed by atoms with Crippen LogP contribution in [0, 0.1) is 5.82 Å². The van der Waals surface area contributed by atoms with Gasteiger partial charge in [0.25, 0.3) is 0 Å². The van der Waals surface area contributed by atoms with E-state index >= 15 is 0 Å². The highest BCUT2D eigenvalue weighted by Crippen LogP contribution is 2.41. The lowest BCUT2D eigenvalue weighted by Gasteiger charge is -2.24. The molecule has 1 aliphatic heterocycles. The molecule has 0 unspecified atom stereocenters. The molecular weight excluding hydrogens is 231 g/mol. The Morgan fingerprint density at radius 1 is 1.62 bits per heavy atom. The number of anilines is 1. The van der Waals surface area contributed by atoms with Crippen LogP contribution in [0.2, 0.25) is 0 Å². The van der Waals surface area contributed by atoms with Crippen molar-refractivity contribution in [2.24, 2.45) is 0 Å². The minimum absolute atomic E-state index is 0.148. The summed E-state index contributed by atoms with van der Waals surface area (Å²) >= 11 is 1.11. The summed E-state index contributed by atoms with van der Waals surface area (Å²) in [7, 11) is 0. The van der Waals surface area contributed by atoms with Gasteiger partial charge < -0.3 is 15.2 Å². The van der Waals surface area contributed by atoms with E-state index in [1.807, 2.05) is 6.92 Å². The first kappa shape index (κ1) is 9.65. The number of nitrogens with zero attached hydrogens (tertiary/aromatic N) is 1. The van der Waals surface area contributed by atoms with Gasteiger partial charge in [-0.1, -0.05) is 11.3 Å². The lowest BCUT2D eigenvalue weighted by molar-refractivity contribution is 0.0990. The molecule has 6 heteroatoms. The lowest BCUT2D eigenvalue weighted by Crippen LogP contribution is -2.26. The fourth-order valence-corrected chi connectivity index (χ4v) is 2.41. The van der Waals surface area contributed by atoms with Gasteiger partial charge in [-0.05, 0) is 6.92 Å². The van der Waals surface area contributed by atoms with Crippen molar-refractivity contribution in [1.82, 2.24) is 4.98 Å². The minimum Gasteiger partial charge on any atom is -0.486 e. The molecule has 0 radical (unpaired) electrons. The number of nitrogens with two attached hydrogens (primary N) is 1. The Hall–Kier alpha value is -1.56. The molecule has 84 valence electrons. The van der Waals surface area contributed by atoms with E-state index in [9.17, 15) is 4.39 Å². The van der Waals surface area contributed by atoms with E-state index in [1.165, 1.54) is 0 Å². The largest absolute Gasteiger partial charge is 0.486 e. The average molecular weight is 240 g/mol. The predicted octanol–water partition coefficient (Wildman–Crippen LogP) is 2.18. The summed E-state index contributed by atoms with van der Waals surface area (Å²) < 4.78 is 25.3. The maximum Gasteiger partial charge on any atom is 0.199 e. The van der Waals surface area contributed by atoms with E-state index in [2.05, 4.69) is 4.98 Å². The van der Waals surface area contributed by atoms with Crippen LogP contribution in [0.5, 0.6) is 11.5 Å². The molecule has 3 rings (SSSR count). The summed E-state index contributed by atoms with van der Waals surface area (Å²) in [5.74, 6) is 0.122. The van der Waals surface area contributed by atoms with Crippen molar-refractivity contribution in [2.75, 3.05) is 12.3 Å². The molecular formula is C10H9FN2O2S. The van der Waals surface area contributed by atoms with Gasteiger partial charge in [-0.2, -0.15) is 0 Å². The first-order chi connectivity index (χ1) is 7.65. The zero-order valence-corrected chi connectivity index (χ0v) is 9.31. The molecule has 16 heavy (non-hydrogen) atoms. The third-order valence-electron chi connectivity index (χ3n) is 2.35. The summed E-state index contributed by atoms with van der Waals surface area (Å²) in [6, 6.07) is 1.66. The number of fused-ring (bicyclic) bond motifs is 2. The third kappa shape index (κ3) is 1.30. The van der Waals surface area contributed by atoms with Gasteiger partial charge in [0.05, 0.1) is 10.2 Å². The first-order valence-electron chi connectivity index (χ1n) is 4.83. The highest BCUT2D eigenvalue weighted by atomic mass is 32.1. The zero-order valence-electron chi connectivity index (χ0n) is 8.49. The second-order valence-electron chi connectivity index (χ2n) is 3.66. The Morgan fingerprint density at radius 3 is 3.25 bits per heavy atom. The SMILES string of the molecule is C[C@H]1COc2cc3nc(N)sc3c(F)c2O1. The van der Waals surface area contributed by atoms with Crippen molar-refractivity contribution in [1.29, 1.82) is 0 Å². The number of aromatic nitrogens is 1. The molecule has 2 aromatic rings. The normalized spacial score (nSPS) is 19.0. The quantitative estimate of drug-likeness (QED) is 0.766. The number of rotatable bonds is 0. The number of nitrogen functional groups attached to an aromatic ring is 1. The van der Waals surface area contributed by atoms with E-state index in [0.29, 0.717) is 27.7 Å². The van der Waals surface area contributed by atoms with Crippen LogP contribution in [-0.2, 0) is 0 Å². The summed E-state index contributed by atoms with van der Waals surface area (Å²) in [4.78, 5) is 4.02. The molecule has 2 N–H and O–H groups in total. The van der Waals surface area contributed by atoms with Crippen molar-refractivity contribution in [3.8, 4) is 11.5 Å². The van der Waals surface area contributed by atoms with Crippen LogP contribution in [0.25, 0.3) is 10.2 Å². The highest BCUT2D eigenvalue weighted by molar-refractivity contribution is 7.22. The molecule has 1 aromatic carbocycles. The Bertz CT molecular complexity index is 569. The molecule has 2 heterocycles. The number of hydrogen-bond acceptors (Lipinski definition) is 5. The average Bonchev–Trinajstić information content (AvgIpc) is 2.61. The van der Waals surface area contributed by atoms with Crippen molar-refractivity contribution in [2.45, 2.75) is 13.0 Å². The summed E-state index contributed by atoms with van der Waals surface area (Å²) in [6.45, 7) is 2.24. The summed E-state index contributed by atoms with van der Waals surface area (Å²) in [6.07, 6.45) is -0.148. The first-order valence-corrected chi connectivity index (χ1v) is 5.65. The Morgan fingerprint density at radius 2 is 2.44 bits per heavy atom. The number of benzene rings is 1. The number of halogens is 1. The summed E-state index contributed by atoms with van der Waals surface area (Å²) in [5.41, 5.74) is 6.06. The Balaban J connectivity index is 2.28. The van der Waals surface area contributed by atoms with E-state index in [4.69, 9.17) is 15.2 Å². The molecule has 1 aromatic heterocycles. The zero-order chi connectivity index (χ0) is 11.3. The third-order valence-corrected chi connectivity index (χ3v) is 3.25. The molecule has 4 nitrogen and oxygen atoms in total. The van der Waals surface area contributed by atoms with Crippen LogP contribution in [0.4, 0.5) is 9.52 Å². The van der Waals surface area contributed by atoms with Crippen molar-refractivity contribution in [3.63, 3.8) is 0 Å². The predicted molar refractivity (Wildman–Crippen MR) is 59.6 cm³/mol. The molecule has 1 aliphatic rings. The van der Waals surface area contributed by atoms with Gasteiger partial charge in [0.15, 0.2) is 22.4 Å². The topological polar surface area (TPSA) is 57.4 Å². The number of hydrogen-bond donors (Lipinski definition) is 1. The Labute approximate surface area is 94.8 Å². The van der Waals surface area contributed by atoms with E-state index in [1.54, 1.807) is 6.07 Å². The smallest absolute Gasteiger partial charge is 0.199 e. The fraction of sp³-hybridized carbons (Fsp3) is 0.300. The van der Waals surface area contributed by atoms with E-state index < -0.39 is 5.82 Å². The highest BCUT2D eigenvalue weighted by Gasteiger charge is 2.24. The van der Waals surface area contributed by atoms with Crippen molar-refractivity contribution in [3.05, 3.63) is 11.9 Å². The monoisotopic (exact) mass is 240 g/mol. The molecule has 0 fully saturated rings. The van der Waals surface area contributed by atoms with Gasteiger partial charge in [-0.3, -0.25) is 0 Å². The second kappa shape index (κ2) is 3.21. The van der Waals surface area contributed by atoms with Crippen molar-refractivity contribution < 1.29 is 13.9 Å². The van der Waals surface area contributed by atoms with Gasteiger partial charge in [0, 0.05) is 6.07 Å². The Kier molecular flexibility index (Phi) is 1.94. The number of ether oxygens (including phenoxy) is 2. The van der Waals surface area contributed by atoms with Gasteiger partial charge in [-0.25, -0.2) is 9.37 Å². The van der Waals surface area contributed by atoms with Crippen LogP contribution in [0.1, 0.15) is 6.92 Å². The van der Waals surface area contributed by atoms with Crippen LogP contribution in [0.3, 0.4) is 0 Å². The van der Waals surface area contributed by atoms with Gasteiger partial charge in [-0.15, -0.1) is 0 Å². The molecule has 0 saturated heterocycles. The molecule has 0 saturated carbocycles. The van der Waals surface area contributed by atoms with Gasteiger partial charge in [0.1, 0.15) is 12.7 Å². The van der Waals surface area contributed by atoms with Crippen LogP contribution < -0.4 is 15.2 Å². The number of thiazole rings is 1.